The molecule has 4 nitrogen and oxygen atoms in total. The number of nitrogens with zero attached hydrogens (tertiary/aromatic N) is 2. The Morgan fingerprint density at radius 2 is 1.43 bits per heavy atom. The predicted octanol–water partition coefficient (Wildman–Crippen LogP) is 5.33. The third kappa shape index (κ3) is 6.29. The number of nitrogens with one attached hydrogen (secondary N) is 1. The maximum Gasteiger partial charge on any atom is 0.416 e. The summed E-state index contributed by atoms with van der Waals surface area (Å²) in [6.45, 7) is 3.61. The van der Waals surface area contributed by atoms with E-state index < -0.39 is 29.0 Å². The molecule has 1 aliphatic heterocycles. The van der Waals surface area contributed by atoms with Crippen molar-refractivity contribution in [2.24, 2.45) is 5.92 Å². The van der Waals surface area contributed by atoms with Crippen molar-refractivity contribution in [1.29, 1.82) is 0 Å². The van der Waals surface area contributed by atoms with Gasteiger partial charge >= 0.3 is 12.4 Å². The fourth-order valence-electron chi connectivity index (χ4n) is 5.26. The molecule has 2 aromatic carbocycles. The lowest BCUT2D eigenvalue weighted by molar-refractivity contribution is -0.143. The lowest BCUT2D eigenvalue weighted by Crippen LogP contribution is -2.61. The van der Waals surface area contributed by atoms with Gasteiger partial charge in [-0.25, -0.2) is 0 Å². The molecule has 1 heterocycles. The highest BCUT2D eigenvalue weighted by molar-refractivity contribution is 5.87. The molecule has 1 atom stereocenters. The second kappa shape index (κ2) is 10.6. The number of likely N-dealkylation sites (N-methyl/N-ethyl adjacent to an activating group) is 1. The fourth-order valence-corrected chi connectivity index (χ4v) is 5.26. The summed E-state index contributed by atoms with van der Waals surface area (Å²) in [6, 6.07) is 10.6. The van der Waals surface area contributed by atoms with E-state index in [2.05, 4.69) is 10.2 Å². The van der Waals surface area contributed by atoms with Crippen LogP contribution in [0.25, 0.3) is 0 Å². The van der Waals surface area contributed by atoms with Crippen molar-refractivity contribution in [2.45, 2.75) is 43.6 Å². The Hall–Kier alpha value is -2.59. The first-order chi connectivity index (χ1) is 17.4. The van der Waals surface area contributed by atoms with Crippen LogP contribution in [0.1, 0.15) is 41.5 Å². The van der Waals surface area contributed by atoms with Crippen LogP contribution in [0.15, 0.2) is 48.5 Å². The SMILES string of the molecule is CNC(=O)C(CCc1cc(C(F)(F)F)cc(C(F)(F)F)c1)(c1ccccc1)N1CCN(CC2CC2)CC1. The molecule has 1 unspecified atom stereocenters. The summed E-state index contributed by atoms with van der Waals surface area (Å²) in [5, 5.41) is 2.71. The van der Waals surface area contributed by atoms with Crippen molar-refractivity contribution < 1.29 is 31.1 Å². The van der Waals surface area contributed by atoms with Crippen LogP contribution in [0, 0.1) is 5.92 Å². The van der Waals surface area contributed by atoms with Crippen molar-refractivity contribution in [1.82, 2.24) is 15.1 Å². The molecular formula is C27H31F6N3O. The highest BCUT2D eigenvalue weighted by Gasteiger charge is 2.46. The van der Waals surface area contributed by atoms with E-state index in [0.717, 1.165) is 31.8 Å². The fraction of sp³-hybridized carbons (Fsp3) is 0.519. The molecule has 0 bridgehead atoms. The van der Waals surface area contributed by atoms with Gasteiger partial charge in [0.2, 0.25) is 5.91 Å². The number of piperazine rings is 1. The average molecular weight is 528 g/mol. The molecule has 2 fully saturated rings. The van der Waals surface area contributed by atoms with Crippen molar-refractivity contribution >= 4 is 5.91 Å². The number of halogens is 6. The molecule has 4 rings (SSSR count). The Balaban J connectivity index is 1.68. The summed E-state index contributed by atoms with van der Waals surface area (Å²) < 4.78 is 80.6. The Labute approximate surface area is 212 Å². The lowest BCUT2D eigenvalue weighted by atomic mass is 9.80. The minimum atomic E-state index is -4.93. The van der Waals surface area contributed by atoms with Crippen LogP contribution in [0.4, 0.5) is 26.3 Å². The minimum absolute atomic E-state index is 0.0257. The molecule has 0 radical (unpaired) electrons. The summed E-state index contributed by atoms with van der Waals surface area (Å²) in [4.78, 5) is 17.9. The minimum Gasteiger partial charge on any atom is -0.357 e. The summed E-state index contributed by atoms with van der Waals surface area (Å²) in [5.74, 6) is 0.380. The molecule has 2 aromatic rings. The molecule has 10 heteroatoms. The Bertz CT molecular complexity index is 1040. The van der Waals surface area contributed by atoms with E-state index in [0.29, 0.717) is 24.6 Å². The van der Waals surface area contributed by atoms with Gasteiger partial charge < -0.3 is 10.2 Å². The van der Waals surface area contributed by atoms with Gasteiger partial charge in [-0.1, -0.05) is 30.3 Å². The van der Waals surface area contributed by atoms with Gasteiger partial charge in [-0.05, 0) is 60.9 Å². The molecule has 2 aliphatic rings. The number of aryl methyl sites for hydroxylation is 1. The summed E-state index contributed by atoms with van der Waals surface area (Å²) in [5.41, 5.74) is -3.40. The van der Waals surface area contributed by atoms with Gasteiger partial charge in [-0.2, -0.15) is 26.3 Å². The Morgan fingerprint density at radius 3 is 1.92 bits per heavy atom. The zero-order chi connectivity index (χ0) is 26.8. The molecule has 1 saturated carbocycles. The number of carbonyl (C=O) groups excluding carboxylic acids is 1. The molecule has 1 saturated heterocycles. The van der Waals surface area contributed by atoms with Crippen molar-refractivity contribution in [3.05, 3.63) is 70.8 Å². The number of hydrogen-bond acceptors (Lipinski definition) is 3. The summed E-state index contributed by atoms with van der Waals surface area (Å²) >= 11 is 0. The quantitative estimate of drug-likeness (QED) is 0.472. The van der Waals surface area contributed by atoms with Crippen molar-refractivity contribution in [3.8, 4) is 0 Å². The second-order valence-corrected chi connectivity index (χ2v) is 9.95. The van der Waals surface area contributed by atoms with Gasteiger partial charge in [0, 0.05) is 39.8 Å². The van der Waals surface area contributed by atoms with Crippen LogP contribution in [0.5, 0.6) is 0 Å². The summed E-state index contributed by atoms with van der Waals surface area (Å²) in [6.07, 6.45) is -7.52. The van der Waals surface area contributed by atoms with E-state index >= 15 is 0 Å². The molecule has 1 N–H and O–H groups in total. The lowest BCUT2D eigenvalue weighted by Gasteiger charge is -2.47. The number of benzene rings is 2. The maximum absolute atomic E-state index is 13.6. The first kappa shape index (κ1) is 27.4. The van der Waals surface area contributed by atoms with Gasteiger partial charge in [0.25, 0.3) is 0 Å². The normalized spacial score (nSPS) is 19.4. The van der Waals surface area contributed by atoms with Crippen molar-refractivity contribution in [2.75, 3.05) is 39.8 Å². The number of alkyl halides is 6. The van der Waals surface area contributed by atoms with Crippen LogP contribution in [0.3, 0.4) is 0 Å². The zero-order valence-electron chi connectivity index (χ0n) is 20.6. The molecule has 0 spiro atoms. The van der Waals surface area contributed by atoms with Gasteiger partial charge in [-0.15, -0.1) is 0 Å². The highest BCUT2D eigenvalue weighted by Crippen LogP contribution is 2.39. The van der Waals surface area contributed by atoms with Crippen LogP contribution in [-0.2, 0) is 29.1 Å². The van der Waals surface area contributed by atoms with Gasteiger partial charge in [0.05, 0.1) is 11.1 Å². The number of amides is 1. The smallest absolute Gasteiger partial charge is 0.357 e. The van der Waals surface area contributed by atoms with Gasteiger partial charge in [0.15, 0.2) is 0 Å². The van der Waals surface area contributed by atoms with Gasteiger partial charge in [-0.3, -0.25) is 9.69 Å². The zero-order valence-corrected chi connectivity index (χ0v) is 20.6. The van der Waals surface area contributed by atoms with Crippen LogP contribution < -0.4 is 5.32 Å². The first-order valence-electron chi connectivity index (χ1n) is 12.5. The third-order valence-electron chi connectivity index (χ3n) is 7.40. The van der Waals surface area contributed by atoms with E-state index in [4.69, 9.17) is 0 Å². The van der Waals surface area contributed by atoms with Crippen LogP contribution in [-0.4, -0.2) is 55.5 Å². The molecule has 202 valence electrons. The van der Waals surface area contributed by atoms with E-state index in [9.17, 15) is 31.1 Å². The first-order valence-corrected chi connectivity index (χ1v) is 12.5. The largest absolute Gasteiger partial charge is 0.416 e. The second-order valence-electron chi connectivity index (χ2n) is 9.95. The molecular weight excluding hydrogens is 496 g/mol. The molecule has 1 amide bonds. The third-order valence-corrected chi connectivity index (χ3v) is 7.40. The molecule has 37 heavy (non-hydrogen) atoms. The monoisotopic (exact) mass is 527 g/mol. The topological polar surface area (TPSA) is 35.6 Å². The highest BCUT2D eigenvalue weighted by atomic mass is 19.4. The number of hydrogen-bond donors (Lipinski definition) is 1. The number of carbonyl (C=O) groups is 1. The average Bonchev–Trinajstić information content (AvgIpc) is 3.68. The standard InChI is InChI=1S/C27H31F6N3O/c1-34-24(37)25(21-5-3-2-4-6-21,36-13-11-35(12-14-36)18-19-7-8-19)10-9-20-15-22(26(28,29)30)17-23(16-20)27(31,32)33/h2-6,15-17,19H,7-14,18H2,1H3,(H,34,37). The number of rotatable bonds is 8. The van der Waals surface area contributed by atoms with E-state index in [1.807, 2.05) is 4.90 Å². The molecule has 0 aromatic heterocycles. The van der Waals surface area contributed by atoms with E-state index in [-0.39, 0.29) is 30.4 Å². The Morgan fingerprint density at radius 1 is 0.865 bits per heavy atom. The van der Waals surface area contributed by atoms with Crippen molar-refractivity contribution in [3.63, 3.8) is 0 Å². The summed E-state index contributed by atoms with van der Waals surface area (Å²) in [7, 11) is 1.50. The molecule has 1 aliphatic carbocycles. The van der Waals surface area contributed by atoms with E-state index in [1.165, 1.54) is 19.9 Å². The van der Waals surface area contributed by atoms with E-state index in [1.54, 1.807) is 30.3 Å². The maximum atomic E-state index is 13.6. The predicted molar refractivity (Wildman–Crippen MR) is 128 cm³/mol. The van der Waals surface area contributed by atoms with Gasteiger partial charge in [0.1, 0.15) is 5.54 Å². The van der Waals surface area contributed by atoms with Crippen LogP contribution in [0.2, 0.25) is 0 Å². The Kier molecular flexibility index (Phi) is 7.90. The van der Waals surface area contributed by atoms with Crippen LogP contribution >= 0.6 is 0 Å².